The topological polar surface area (TPSA) is 105 Å². The normalized spacial score (nSPS) is 16.2. The third kappa shape index (κ3) is 4.28. The van der Waals surface area contributed by atoms with Crippen molar-refractivity contribution >= 4 is 27.4 Å². The molecule has 1 aliphatic heterocycles. The Bertz CT molecular complexity index is 934. The number of aryl methyl sites for hydroxylation is 2. The maximum atomic E-state index is 12.9. The Kier molecular flexibility index (Phi) is 5.48. The molecular formula is C19H24N4O3S. The van der Waals surface area contributed by atoms with Gasteiger partial charge in [-0.05, 0) is 50.5 Å². The highest BCUT2D eigenvalue weighted by molar-refractivity contribution is 7.89. The van der Waals surface area contributed by atoms with Crippen molar-refractivity contribution in [2.45, 2.75) is 31.6 Å². The SMILES string of the molecule is Cc1ccc(S(=O)(=O)N2CCC(C(=O)Nc3ccc(N)nc3)CC2)c(C)c1. The molecule has 1 aliphatic rings. The van der Waals surface area contributed by atoms with Crippen molar-refractivity contribution in [2.24, 2.45) is 5.92 Å². The molecule has 0 saturated carbocycles. The summed E-state index contributed by atoms with van der Waals surface area (Å²) in [5.41, 5.74) is 7.89. The molecule has 1 aromatic carbocycles. The first-order valence-electron chi connectivity index (χ1n) is 8.87. The van der Waals surface area contributed by atoms with E-state index in [1.54, 1.807) is 31.2 Å². The number of hydrogen-bond donors (Lipinski definition) is 2. The quantitative estimate of drug-likeness (QED) is 0.836. The minimum Gasteiger partial charge on any atom is -0.384 e. The van der Waals surface area contributed by atoms with Gasteiger partial charge in [0.1, 0.15) is 5.82 Å². The first kappa shape index (κ1) is 19.3. The van der Waals surface area contributed by atoms with Gasteiger partial charge in [0, 0.05) is 19.0 Å². The van der Waals surface area contributed by atoms with E-state index < -0.39 is 10.0 Å². The Morgan fingerprint density at radius 1 is 1.19 bits per heavy atom. The van der Waals surface area contributed by atoms with Crippen LogP contribution in [0.25, 0.3) is 0 Å². The van der Waals surface area contributed by atoms with Crippen LogP contribution in [-0.4, -0.2) is 36.7 Å². The second-order valence-corrected chi connectivity index (χ2v) is 8.81. The monoisotopic (exact) mass is 388 g/mol. The van der Waals surface area contributed by atoms with Crippen molar-refractivity contribution in [1.29, 1.82) is 0 Å². The van der Waals surface area contributed by atoms with E-state index in [0.717, 1.165) is 11.1 Å². The summed E-state index contributed by atoms with van der Waals surface area (Å²) in [6.45, 7) is 4.40. The molecule has 27 heavy (non-hydrogen) atoms. The summed E-state index contributed by atoms with van der Waals surface area (Å²) in [6, 6.07) is 8.65. The number of carbonyl (C=O) groups is 1. The van der Waals surface area contributed by atoms with E-state index in [9.17, 15) is 13.2 Å². The van der Waals surface area contributed by atoms with Crippen LogP contribution in [0, 0.1) is 19.8 Å². The van der Waals surface area contributed by atoms with E-state index in [2.05, 4.69) is 10.3 Å². The van der Waals surface area contributed by atoms with Crippen LogP contribution in [0.1, 0.15) is 24.0 Å². The molecule has 144 valence electrons. The van der Waals surface area contributed by atoms with E-state index in [1.165, 1.54) is 10.5 Å². The molecule has 0 aliphatic carbocycles. The Morgan fingerprint density at radius 3 is 2.48 bits per heavy atom. The van der Waals surface area contributed by atoms with E-state index in [-0.39, 0.29) is 11.8 Å². The fourth-order valence-corrected chi connectivity index (χ4v) is 4.99. The second kappa shape index (κ2) is 7.66. The minimum absolute atomic E-state index is 0.120. The molecule has 1 fully saturated rings. The van der Waals surface area contributed by atoms with Crippen molar-refractivity contribution in [1.82, 2.24) is 9.29 Å². The number of nitrogens with two attached hydrogens (primary N) is 1. The largest absolute Gasteiger partial charge is 0.384 e. The standard InChI is InChI=1S/C19H24N4O3S/c1-13-3-5-17(14(2)11-13)27(25,26)23-9-7-15(8-10-23)19(24)22-16-4-6-18(20)21-12-16/h3-6,11-12,15H,7-10H2,1-2H3,(H2,20,21)(H,22,24). The number of nitrogens with zero attached hydrogens (tertiary/aromatic N) is 2. The number of benzene rings is 1. The fraction of sp³-hybridized carbons (Fsp3) is 0.368. The molecule has 2 aromatic rings. The summed E-state index contributed by atoms with van der Waals surface area (Å²) in [5, 5.41) is 2.81. The molecule has 0 atom stereocenters. The first-order valence-corrected chi connectivity index (χ1v) is 10.3. The number of piperidine rings is 1. The first-order chi connectivity index (χ1) is 12.8. The van der Waals surface area contributed by atoms with Gasteiger partial charge in [0.15, 0.2) is 0 Å². The van der Waals surface area contributed by atoms with Gasteiger partial charge in [0.05, 0.1) is 16.8 Å². The second-order valence-electron chi connectivity index (χ2n) is 6.91. The summed E-state index contributed by atoms with van der Waals surface area (Å²) in [5.74, 6) is 0.0381. The van der Waals surface area contributed by atoms with Gasteiger partial charge in [0.25, 0.3) is 0 Å². The highest BCUT2D eigenvalue weighted by Crippen LogP contribution is 2.27. The lowest BCUT2D eigenvalue weighted by atomic mass is 9.97. The predicted octanol–water partition coefficient (Wildman–Crippen LogP) is 2.32. The molecule has 0 spiro atoms. The van der Waals surface area contributed by atoms with Gasteiger partial charge >= 0.3 is 0 Å². The number of nitrogens with one attached hydrogen (secondary N) is 1. The van der Waals surface area contributed by atoms with Gasteiger partial charge in [-0.3, -0.25) is 4.79 Å². The summed E-state index contributed by atoms with van der Waals surface area (Å²) in [4.78, 5) is 16.7. The summed E-state index contributed by atoms with van der Waals surface area (Å²) in [7, 11) is -3.54. The maximum absolute atomic E-state index is 12.9. The Morgan fingerprint density at radius 2 is 1.89 bits per heavy atom. The number of rotatable bonds is 4. The number of carbonyl (C=O) groups excluding carboxylic acids is 1. The molecule has 0 bridgehead atoms. The molecule has 1 amide bonds. The van der Waals surface area contributed by atoms with Gasteiger partial charge < -0.3 is 11.1 Å². The third-order valence-corrected chi connectivity index (χ3v) is 6.89. The number of aromatic nitrogens is 1. The molecule has 7 nitrogen and oxygen atoms in total. The van der Waals surface area contributed by atoms with Crippen LogP contribution >= 0.6 is 0 Å². The number of nitrogen functional groups attached to an aromatic ring is 1. The highest BCUT2D eigenvalue weighted by Gasteiger charge is 2.32. The average Bonchev–Trinajstić information content (AvgIpc) is 2.63. The van der Waals surface area contributed by atoms with Crippen LogP contribution in [0.5, 0.6) is 0 Å². The smallest absolute Gasteiger partial charge is 0.243 e. The number of anilines is 2. The lowest BCUT2D eigenvalue weighted by Crippen LogP contribution is -2.41. The lowest BCUT2D eigenvalue weighted by molar-refractivity contribution is -0.120. The van der Waals surface area contributed by atoms with Crippen molar-refractivity contribution in [3.8, 4) is 0 Å². The molecular weight excluding hydrogens is 364 g/mol. The van der Waals surface area contributed by atoms with Crippen LogP contribution in [0.4, 0.5) is 11.5 Å². The zero-order valence-electron chi connectivity index (χ0n) is 15.5. The Labute approximate surface area is 159 Å². The Hall–Kier alpha value is -2.45. The van der Waals surface area contributed by atoms with Gasteiger partial charge in [-0.1, -0.05) is 17.7 Å². The van der Waals surface area contributed by atoms with Crippen LogP contribution in [-0.2, 0) is 14.8 Å². The summed E-state index contributed by atoms with van der Waals surface area (Å²) >= 11 is 0. The van der Waals surface area contributed by atoms with E-state index in [4.69, 9.17) is 5.73 Å². The molecule has 0 radical (unpaired) electrons. The Balaban J connectivity index is 1.64. The van der Waals surface area contributed by atoms with Crippen LogP contribution in [0.15, 0.2) is 41.4 Å². The van der Waals surface area contributed by atoms with Crippen molar-refractivity contribution in [3.05, 3.63) is 47.7 Å². The molecule has 8 heteroatoms. The zero-order valence-corrected chi connectivity index (χ0v) is 16.3. The lowest BCUT2D eigenvalue weighted by Gasteiger charge is -2.31. The molecule has 1 aromatic heterocycles. The zero-order chi connectivity index (χ0) is 19.6. The number of pyridine rings is 1. The molecule has 0 unspecified atom stereocenters. The third-order valence-electron chi connectivity index (χ3n) is 4.83. The van der Waals surface area contributed by atoms with Gasteiger partial charge in [-0.2, -0.15) is 4.31 Å². The predicted molar refractivity (Wildman–Crippen MR) is 105 cm³/mol. The van der Waals surface area contributed by atoms with E-state index in [0.29, 0.717) is 42.3 Å². The molecule has 2 heterocycles. The number of hydrogen-bond acceptors (Lipinski definition) is 5. The van der Waals surface area contributed by atoms with Gasteiger partial charge in [-0.15, -0.1) is 0 Å². The summed E-state index contributed by atoms with van der Waals surface area (Å²) < 4.78 is 27.3. The van der Waals surface area contributed by atoms with Gasteiger partial charge in [0.2, 0.25) is 15.9 Å². The van der Waals surface area contributed by atoms with Crippen LogP contribution in [0.2, 0.25) is 0 Å². The molecule has 1 saturated heterocycles. The van der Waals surface area contributed by atoms with Crippen molar-refractivity contribution in [2.75, 3.05) is 24.1 Å². The van der Waals surface area contributed by atoms with E-state index >= 15 is 0 Å². The van der Waals surface area contributed by atoms with Crippen LogP contribution < -0.4 is 11.1 Å². The van der Waals surface area contributed by atoms with Crippen molar-refractivity contribution in [3.63, 3.8) is 0 Å². The summed E-state index contributed by atoms with van der Waals surface area (Å²) in [6.07, 6.45) is 2.48. The van der Waals surface area contributed by atoms with Crippen molar-refractivity contribution < 1.29 is 13.2 Å². The number of sulfonamides is 1. The van der Waals surface area contributed by atoms with Gasteiger partial charge in [-0.25, -0.2) is 13.4 Å². The molecule has 3 N–H and O–H groups in total. The maximum Gasteiger partial charge on any atom is 0.243 e. The van der Waals surface area contributed by atoms with E-state index in [1.807, 2.05) is 13.0 Å². The number of amides is 1. The minimum atomic E-state index is -3.54. The van der Waals surface area contributed by atoms with Crippen LogP contribution in [0.3, 0.4) is 0 Å². The highest BCUT2D eigenvalue weighted by atomic mass is 32.2. The molecule has 3 rings (SSSR count). The fourth-order valence-electron chi connectivity index (χ4n) is 3.31. The average molecular weight is 388 g/mol.